The number of ether oxygens (including phenoxy) is 3. The number of carbonyl (C=O) groups excluding carboxylic acids is 1. The lowest BCUT2D eigenvalue weighted by atomic mass is 9.44. The maximum atomic E-state index is 12.5. The Balaban J connectivity index is 1.29. The third kappa shape index (κ3) is 5.21. The van der Waals surface area contributed by atoms with Crippen molar-refractivity contribution in [2.24, 2.45) is 34.5 Å². The number of carbonyl (C=O) groups is 1. The summed E-state index contributed by atoms with van der Waals surface area (Å²) in [7, 11) is 0. The topological polar surface area (TPSA) is 146 Å². The Morgan fingerprint density at radius 2 is 1.80 bits per heavy atom. The molecule has 4 fully saturated rings. The van der Waals surface area contributed by atoms with Gasteiger partial charge in [-0.2, -0.15) is 0 Å². The molecule has 0 unspecified atom stereocenters. The summed E-state index contributed by atoms with van der Waals surface area (Å²) < 4.78 is 17.0. The van der Waals surface area contributed by atoms with Crippen LogP contribution in [0.25, 0.3) is 0 Å². The molecule has 5 aliphatic rings. The van der Waals surface area contributed by atoms with Crippen LogP contribution in [-0.2, 0) is 19.0 Å². The molecule has 0 aromatic rings. The molecule has 1 heterocycles. The van der Waals surface area contributed by atoms with Crippen LogP contribution in [0.5, 0.6) is 0 Å². The Kier molecular flexibility index (Phi) is 9.02. The van der Waals surface area contributed by atoms with E-state index in [-0.39, 0.29) is 47.3 Å². The summed E-state index contributed by atoms with van der Waals surface area (Å²) in [5.41, 5.74) is 0.198. The zero-order chi connectivity index (χ0) is 29.7. The summed E-state index contributed by atoms with van der Waals surface area (Å²) in [5, 5.41) is 53.5. The summed E-state index contributed by atoms with van der Waals surface area (Å²) in [4.78, 5) is 12.0. The number of aliphatic hydroxyl groups is 5. The Hall–Kier alpha value is -1.07. The Labute approximate surface area is 244 Å². The number of rotatable bonds is 8. The zero-order valence-corrected chi connectivity index (χ0v) is 25.2. The van der Waals surface area contributed by atoms with E-state index in [0.29, 0.717) is 25.4 Å². The van der Waals surface area contributed by atoms with E-state index >= 15 is 0 Å². The van der Waals surface area contributed by atoms with Crippen molar-refractivity contribution in [1.29, 1.82) is 0 Å². The highest BCUT2D eigenvalue weighted by Crippen LogP contribution is 2.69. The molecule has 5 rings (SSSR count). The molecule has 0 aromatic heterocycles. The van der Waals surface area contributed by atoms with Crippen molar-refractivity contribution in [3.63, 3.8) is 0 Å². The SMILES string of the molecule is CCOC(=O)CC[C@H](CO)[C@H]1CC[C@]2(O)[C@@H]3CCC4=C[C@@H](O[C@@H]5O[C@@H](C)[C@H](O)[C@@H](O)[C@H]5O)CC[C@]4(C)[C@H]3CC[C@]12C. The third-order valence-electron chi connectivity index (χ3n) is 12.3. The minimum atomic E-state index is -1.32. The fraction of sp³-hybridized carbons (Fsp3) is 0.906. The molecule has 0 aromatic carbocycles. The number of hydrogen-bond donors (Lipinski definition) is 5. The van der Waals surface area contributed by atoms with Crippen molar-refractivity contribution in [3.05, 3.63) is 11.6 Å². The third-order valence-corrected chi connectivity index (χ3v) is 12.3. The van der Waals surface area contributed by atoms with Crippen LogP contribution in [0, 0.1) is 34.5 Å². The fourth-order valence-electron chi connectivity index (χ4n) is 9.83. The van der Waals surface area contributed by atoms with Gasteiger partial charge in [0, 0.05) is 13.0 Å². The molecule has 5 N–H and O–H groups in total. The lowest BCUT2D eigenvalue weighted by molar-refractivity contribution is -0.301. The second-order valence-electron chi connectivity index (χ2n) is 14.1. The average molecular weight is 581 g/mol. The largest absolute Gasteiger partial charge is 0.466 e. The fourth-order valence-corrected chi connectivity index (χ4v) is 9.83. The van der Waals surface area contributed by atoms with Crippen molar-refractivity contribution in [3.8, 4) is 0 Å². The summed E-state index contributed by atoms with van der Waals surface area (Å²) in [6, 6.07) is 0. The smallest absolute Gasteiger partial charge is 0.305 e. The normalized spacial score (nSPS) is 48.4. The van der Waals surface area contributed by atoms with Gasteiger partial charge in [-0.1, -0.05) is 25.5 Å². The number of esters is 1. The lowest BCUT2D eigenvalue weighted by Crippen LogP contribution is -2.61. The van der Waals surface area contributed by atoms with Crippen LogP contribution in [0.4, 0.5) is 0 Å². The predicted octanol–water partition coefficient (Wildman–Crippen LogP) is 2.84. The van der Waals surface area contributed by atoms with Gasteiger partial charge in [-0.15, -0.1) is 0 Å². The van der Waals surface area contributed by atoms with Gasteiger partial charge in [-0.05, 0) is 106 Å². The number of aliphatic hydroxyl groups excluding tert-OH is 4. The highest BCUT2D eigenvalue weighted by molar-refractivity contribution is 5.69. The first kappa shape index (κ1) is 31.4. The van der Waals surface area contributed by atoms with Crippen LogP contribution < -0.4 is 0 Å². The summed E-state index contributed by atoms with van der Waals surface area (Å²) in [6.07, 6.45) is 4.33. The van der Waals surface area contributed by atoms with Crippen molar-refractivity contribution < 1.29 is 44.5 Å². The van der Waals surface area contributed by atoms with Crippen LogP contribution in [0.1, 0.15) is 91.9 Å². The molecular weight excluding hydrogens is 528 g/mol. The molecule has 3 saturated carbocycles. The van der Waals surface area contributed by atoms with Crippen LogP contribution in [0.2, 0.25) is 0 Å². The minimum absolute atomic E-state index is 0.0179. The van der Waals surface area contributed by atoms with E-state index in [1.54, 1.807) is 13.8 Å². The van der Waals surface area contributed by atoms with E-state index in [4.69, 9.17) is 14.2 Å². The highest BCUT2D eigenvalue weighted by atomic mass is 16.7. The number of fused-ring (bicyclic) bond motifs is 5. The average Bonchev–Trinajstić information content (AvgIpc) is 3.22. The van der Waals surface area contributed by atoms with Gasteiger partial charge in [0.25, 0.3) is 0 Å². The first-order chi connectivity index (χ1) is 19.4. The quantitative estimate of drug-likeness (QED) is 0.216. The van der Waals surface area contributed by atoms with E-state index in [1.807, 2.05) is 0 Å². The van der Waals surface area contributed by atoms with Crippen LogP contribution in [0.3, 0.4) is 0 Å². The molecule has 0 amide bonds. The van der Waals surface area contributed by atoms with Gasteiger partial charge in [0.2, 0.25) is 0 Å². The van der Waals surface area contributed by atoms with E-state index in [9.17, 15) is 30.3 Å². The molecule has 0 bridgehead atoms. The predicted molar refractivity (Wildman–Crippen MR) is 150 cm³/mol. The highest BCUT2D eigenvalue weighted by Gasteiger charge is 2.67. The number of allylic oxidation sites excluding steroid dienone is 1. The van der Waals surface area contributed by atoms with E-state index in [1.165, 1.54) is 5.57 Å². The van der Waals surface area contributed by atoms with E-state index < -0.39 is 36.3 Å². The Bertz CT molecular complexity index is 986. The first-order valence-electron chi connectivity index (χ1n) is 15.9. The van der Waals surface area contributed by atoms with Gasteiger partial charge < -0.3 is 39.7 Å². The Morgan fingerprint density at radius 3 is 2.51 bits per heavy atom. The molecule has 234 valence electrons. The summed E-state index contributed by atoms with van der Waals surface area (Å²) in [5.74, 6) is 0.439. The lowest BCUT2D eigenvalue weighted by Gasteiger charge is -2.62. The van der Waals surface area contributed by atoms with Gasteiger partial charge in [0.05, 0.1) is 24.4 Å². The van der Waals surface area contributed by atoms with Crippen molar-refractivity contribution >= 4 is 5.97 Å². The summed E-state index contributed by atoms with van der Waals surface area (Å²) in [6.45, 7) is 8.41. The van der Waals surface area contributed by atoms with Crippen LogP contribution in [0.15, 0.2) is 11.6 Å². The molecule has 9 heteroatoms. The maximum absolute atomic E-state index is 12.5. The molecule has 13 atom stereocenters. The van der Waals surface area contributed by atoms with Crippen LogP contribution in [-0.4, -0.2) is 87.1 Å². The van der Waals surface area contributed by atoms with E-state index in [0.717, 1.165) is 51.4 Å². The Morgan fingerprint density at radius 1 is 1.05 bits per heavy atom. The molecule has 9 nitrogen and oxygen atoms in total. The van der Waals surface area contributed by atoms with Crippen LogP contribution >= 0.6 is 0 Å². The first-order valence-corrected chi connectivity index (χ1v) is 15.9. The zero-order valence-electron chi connectivity index (χ0n) is 25.2. The van der Waals surface area contributed by atoms with Gasteiger partial charge in [0.15, 0.2) is 6.29 Å². The molecule has 0 radical (unpaired) electrons. The van der Waals surface area contributed by atoms with Crippen molar-refractivity contribution in [2.45, 2.75) is 134 Å². The van der Waals surface area contributed by atoms with Gasteiger partial charge in [-0.3, -0.25) is 4.79 Å². The van der Waals surface area contributed by atoms with Gasteiger partial charge in [0.1, 0.15) is 18.3 Å². The van der Waals surface area contributed by atoms with Gasteiger partial charge >= 0.3 is 5.97 Å². The standard InChI is InChI=1S/C32H52O9/c1-5-39-25(34)9-6-19(17-33)22-12-15-32(38)24-8-7-20-16-21(41-29-28(37)27(36)26(35)18(2)40-29)10-13-30(20,3)23(24)11-14-31(22,32)4/h16,18-19,21-24,26-29,33,35-38H,5-15,17H2,1-4H3/t18-,19+,21-,22+,23-,24+,26-,27+,28+,29-,30-,31+,32-/m0/s1. The second-order valence-corrected chi connectivity index (χ2v) is 14.1. The minimum Gasteiger partial charge on any atom is -0.466 e. The number of hydrogen-bond acceptors (Lipinski definition) is 9. The van der Waals surface area contributed by atoms with Crippen molar-refractivity contribution in [2.75, 3.05) is 13.2 Å². The van der Waals surface area contributed by atoms with E-state index in [2.05, 4.69) is 19.9 Å². The van der Waals surface area contributed by atoms with Gasteiger partial charge in [-0.25, -0.2) is 0 Å². The molecular formula is C32H52O9. The summed E-state index contributed by atoms with van der Waals surface area (Å²) >= 11 is 0. The monoisotopic (exact) mass is 580 g/mol. The molecule has 1 aliphatic heterocycles. The van der Waals surface area contributed by atoms with Crippen molar-refractivity contribution in [1.82, 2.24) is 0 Å². The molecule has 4 aliphatic carbocycles. The molecule has 0 spiro atoms. The molecule has 1 saturated heterocycles. The molecule has 41 heavy (non-hydrogen) atoms. The second kappa shape index (κ2) is 11.8. The maximum Gasteiger partial charge on any atom is 0.305 e.